The molecule has 1 heterocycles. The second-order valence-electron chi connectivity index (χ2n) is 5.20. The summed E-state index contributed by atoms with van der Waals surface area (Å²) in [4.78, 5) is 22.2. The van der Waals surface area contributed by atoms with Crippen molar-refractivity contribution in [2.24, 2.45) is 0 Å². The van der Waals surface area contributed by atoms with E-state index < -0.39 is 17.9 Å². The molecule has 121 valence electrons. The number of aldehydes is 1. The summed E-state index contributed by atoms with van der Waals surface area (Å²) >= 11 is 0. The number of terminal acetylenes is 1. The lowest BCUT2D eigenvalue weighted by molar-refractivity contribution is -0.130. The number of allylic oxidation sites excluding steroid dienone is 1. The zero-order chi connectivity index (χ0) is 17.4. The maximum Gasteiger partial charge on any atom is 0.219 e. The van der Waals surface area contributed by atoms with Crippen molar-refractivity contribution in [1.29, 1.82) is 0 Å². The Hall–Kier alpha value is -2.42. The zero-order valence-corrected chi connectivity index (χ0v) is 13.4. The van der Waals surface area contributed by atoms with Gasteiger partial charge in [-0.15, -0.1) is 6.42 Å². The number of ketones is 1. The second kappa shape index (κ2) is 8.89. The SMILES string of the molecule is C#CC(C)[O].CC(C)=C1OC(c2ccccc2)NC1C(=O)C=O. The summed E-state index contributed by atoms with van der Waals surface area (Å²) in [5.41, 5.74) is 1.82. The molecular weight excluding hydrogens is 294 g/mol. The van der Waals surface area contributed by atoms with E-state index in [1.54, 1.807) is 0 Å². The largest absolute Gasteiger partial charge is 0.473 e. The number of rotatable bonds is 3. The van der Waals surface area contributed by atoms with Crippen molar-refractivity contribution in [1.82, 2.24) is 5.32 Å². The third kappa shape index (κ3) is 5.37. The fraction of sp³-hybridized carbons (Fsp3) is 0.333. The molecule has 0 aliphatic carbocycles. The first-order chi connectivity index (χ1) is 10.9. The molecule has 5 heteroatoms. The number of Topliss-reactive ketones (excluding diaryl/α,β-unsaturated/α-hetero) is 1. The number of nitrogens with one attached hydrogen (secondary N) is 1. The van der Waals surface area contributed by atoms with Crippen molar-refractivity contribution in [2.75, 3.05) is 0 Å². The van der Waals surface area contributed by atoms with Crippen molar-refractivity contribution in [3.8, 4) is 12.3 Å². The number of hydrogen-bond donors (Lipinski definition) is 1. The molecule has 0 spiro atoms. The van der Waals surface area contributed by atoms with Gasteiger partial charge in [-0.25, -0.2) is 5.11 Å². The van der Waals surface area contributed by atoms with Crippen LogP contribution in [0.15, 0.2) is 41.7 Å². The van der Waals surface area contributed by atoms with Crippen LogP contribution in [0.5, 0.6) is 0 Å². The van der Waals surface area contributed by atoms with Gasteiger partial charge in [0.2, 0.25) is 5.78 Å². The normalized spacial score (nSPS) is 20.4. The van der Waals surface area contributed by atoms with E-state index in [1.165, 1.54) is 6.92 Å². The molecule has 1 aromatic carbocycles. The molecule has 5 nitrogen and oxygen atoms in total. The van der Waals surface area contributed by atoms with E-state index in [9.17, 15) is 14.7 Å². The monoisotopic (exact) mass is 314 g/mol. The Morgan fingerprint density at radius 3 is 2.35 bits per heavy atom. The molecule has 1 radical (unpaired) electrons. The van der Waals surface area contributed by atoms with Crippen molar-refractivity contribution in [3.63, 3.8) is 0 Å². The van der Waals surface area contributed by atoms with Crippen LogP contribution in [0.1, 0.15) is 32.6 Å². The number of carbonyl (C=O) groups is 2. The van der Waals surface area contributed by atoms with Crippen LogP contribution in [-0.2, 0) is 19.4 Å². The van der Waals surface area contributed by atoms with Crippen LogP contribution in [0.25, 0.3) is 0 Å². The highest BCUT2D eigenvalue weighted by Gasteiger charge is 2.36. The van der Waals surface area contributed by atoms with E-state index in [0.717, 1.165) is 11.1 Å². The molecule has 2 rings (SSSR count). The predicted octanol–water partition coefficient (Wildman–Crippen LogP) is 2.17. The minimum atomic E-state index is -0.838. The van der Waals surface area contributed by atoms with Gasteiger partial charge in [-0.3, -0.25) is 14.9 Å². The average Bonchev–Trinajstić information content (AvgIpc) is 3.01. The molecule has 1 saturated heterocycles. The first kappa shape index (κ1) is 18.6. The highest BCUT2D eigenvalue weighted by molar-refractivity contribution is 6.28. The summed E-state index contributed by atoms with van der Waals surface area (Å²) in [6.45, 7) is 5.14. The second-order valence-corrected chi connectivity index (χ2v) is 5.20. The molecule has 1 N–H and O–H groups in total. The molecule has 1 aliphatic heterocycles. The fourth-order valence-corrected chi connectivity index (χ4v) is 1.93. The quantitative estimate of drug-likeness (QED) is 0.527. The van der Waals surface area contributed by atoms with Gasteiger partial charge < -0.3 is 4.74 Å². The molecular formula is C18H20NO4. The van der Waals surface area contributed by atoms with Crippen LogP contribution in [-0.4, -0.2) is 24.2 Å². The average molecular weight is 314 g/mol. The molecule has 1 aliphatic rings. The number of carbonyl (C=O) groups excluding carboxylic acids is 2. The van der Waals surface area contributed by atoms with Gasteiger partial charge in [0.15, 0.2) is 18.6 Å². The molecule has 0 aromatic heterocycles. The Bertz CT molecular complexity index is 610. The lowest BCUT2D eigenvalue weighted by Crippen LogP contribution is -2.34. The molecule has 0 saturated carbocycles. The van der Waals surface area contributed by atoms with E-state index in [1.807, 2.05) is 50.1 Å². The summed E-state index contributed by atoms with van der Waals surface area (Å²) < 4.78 is 5.73. The van der Waals surface area contributed by atoms with Crippen LogP contribution in [0.4, 0.5) is 0 Å². The van der Waals surface area contributed by atoms with E-state index in [2.05, 4.69) is 11.7 Å². The molecule has 3 atom stereocenters. The van der Waals surface area contributed by atoms with E-state index in [-0.39, 0.29) is 6.23 Å². The van der Waals surface area contributed by atoms with Gasteiger partial charge in [-0.05, 0) is 26.3 Å². The maximum atomic E-state index is 11.6. The molecule has 1 fully saturated rings. The summed E-state index contributed by atoms with van der Waals surface area (Å²) in [6, 6.07) is 8.86. The van der Waals surface area contributed by atoms with Gasteiger partial charge in [0, 0.05) is 5.56 Å². The van der Waals surface area contributed by atoms with Gasteiger partial charge in [-0.1, -0.05) is 36.3 Å². The number of ether oxygens (including phenoxy) is 1. The van der Waals surface area contributed by atoms with Crippen LogP contribution < -0.4 is 5.32 Å². The molecule has 3 unspecified atom stereocenters. The van der Waals surface area contributed by atoms with Crippen LogP contribution in [0.3, 0.4) is 0 Å². The highest BCUT2D eigenvalue weighted by Crippen LogP contribution is 2.29. The van der Waals surface area contributed by atoms with Gasteiger partial charge in [0.25, 0.3) is 0 Å². The van der Waals surface area contributed by atoms with Crippen molar-refractivity contribution in [2.45, 2.75) is 39.1 Å². The third-order valence-corrected chi connectivity index (χ3v) is 3.06. The van der Waals surface area contributed by atoms with Crippen molar-refractivity contribution >= 4 is 12.1 Å². The lowest BCUT2D eigenvalue weighted by atomic mass is 10.1. The highest BCUT2D eigenvalue weighted by atomic mass is 16.5. The van der Waals surface area contributed by atoms with E-state index in [4.69, 9.17) is 4.74 Å². The summed E-state index contributed by atoms with van der Waals surface area (Å²) in [7, 11) is 0. The van der Waals surface area contributed by atoms with Gasteiger partial charge in [-0.2, -0.15) is 0 Å². The van der Waals surface area contributed by atoms with Crippen molar-refractivity contribution in [3.05, 3.63) is 47.2 Å². The molecule has 1 aromatic rings. The molecule has 23 heavy (non-hydrogen) atoms. The predicted molar refractivity (Wildman–Crippen MR) is 85.6 cm³/mol. The van der Waals surface area contributed by atoms with Crippen molar-refractivity contribution < 1.29 is 19.4 Å². The maximum absolute atomic E-state index is 11.6. The smallest absolute Gasteiger partial charge is 0.219 e. The minimum absolute atomic E-state index is 0.331. The van der Waals surface area contributed by atoms with Crippen LogP contribution in [0.2, 0.25) is 0 Å². The van der Waals surface area contributed by atoms with Gasteiger partial charge in [0.1, 0.15) is 11.8 Å². The Labute approximate surface area is 136 Å². The molecule has 0 bridgehead atoms. The van der Waals surface area contributed by atoms with Crippen LogP contribution in [0, 0.1) is 12.3 Å². The Morgan fingerprint density at radius 2 is 1.91 bits per heavy atom. The topological polar surface area (TPSA) is 75.3 Å². The Kier molecular flexibility index (Phi) is 7.20. The Balaban J connectivity index is 0.000000463. The van der Waals surface area contributed by atoms with Gasteiger partial charge >= 0.3 is 0 Å². The summed E-state index contributed by atoms with van der Waals surface area (Å²) in [6.07, 6.45) is 3.72. The number of benzene rings is 1. The van der Waals surface area contributed by atoms with E-state index >= 15 is 0 Å². The summed E-state index contributed by atoms with van der Waals surface area (Å²) in [5, 5.41) is 12.7. The van der Waals surface area contributed by atoms with Crippen LogP contribution >= 0.6 is 0 Å². The Morgan fingerprint density at radius 1 is 1.35 bits per heavy atom. The zero-order valence-electron chi connectivity index (χ0n) is 13.4. The third-order valence-electron chi connectivity index (χ3n) is 3.06. The standard InChI is InChI=1S/C14H15NO3.C4H5O/c1-9(2)13-12(11(17)8-16)15-14(18-13)10-6-4-3-5-7-10;1-3-4(2)5/h3-8,12,14-15H,1-2H3;1,4H,2H3. The fourth-order valence-electron chi connectivity index (χ4n) is 1.93. The molecule has 0 amide bonds. The minimum Gasteiger partial charge on any atom is -0.473 e. The first-order valence-electron chi connectivity index (χ1n) is 7.16. The lowest BCUT2D eigenvalue weighted by Gasteiger charge is -2.10. The number of hydrogen-bond acceptors (Lipinski definition) is 4. The van der Waals surface area contributed by atoms with E-state index in [0.29, 0.717) is 12.0 Å². The first-order valence-corrected chi connectivity index (χ1v) is 7.16. The summed E-state index contributed by atoms with van der Waals surface area (Å²) in [5.74, 6) is 2.01. The van der Waals surface area contributed by atoms with Gasteiger partial charge in [0.05, 0.1) is 0 Å².